The number of hydrogen-bond donors (Lipinski definition) is 1. The molecule has 0 spiro atoms. The summed E-state index contributed by atoms with van der Waals surface area (Å²) in [5, 5.41) is 9.08. The maximum absolute atomic E-state index is 12.6. The first-order valence-corrected chi connectivity index (χ1v) is 10.0. The zero-order valence-electron chi connectivity index (χ0n) is 14.3. The fraction of sp³-hybridized carbons (Fsp3) is 0.333. The summed E-state index contributed by atoms with van der Waals surface area (Å²) in [7, 11) is -3.32. The van der Waals surface area contributed by atoms with E-state index in [1.807, 2.05) is 35.2 Å². The number of sulfonamides is 1. The van der Waals surface area contributed by atoms with Crippen molar-refractivity contribution in [3.63, 3.8) is 0 Å². The summed E-state index contributed by atoms with van der Waals surface area (Å²) in [5.74, 6) is -0.356. The van der Waals surface area contributed by atoms with E-state index in [0.29, 0.717) is 38.4 Å². The Morgan fingerprint density at radius 2 is 1.77 bits per heavy atom. The molecule has 3 rings (SSSR count). The molecule has 1 saturated heterocycles. The number of aromatic carboxylic acids is 1. The van der Waals surface area contributed by atoms with Gasteiger partial charge < -0.3 is 10.0 Å². The molecular formula is C18H21N3O4S. The molecule has 0 radical (unpaired) electrons. The van der Waals surface area contributed by atoms with E-state index in [-0.39, 0.29) is 11.3 Å². The lowest BCUT2D eigenvalue weighted by Crippen LogP contribution is -2.49. The Hall–Kier alpha value is -2.45. The van der Waals surface area contributed by atoms with Crippen LogP contribution in [0.5, 0.6) is 0 Å². The van der Waals surface area contributed by atoms with E-state index in [4.69, 9.17) is 5.11 Å². The number of anilines is 1. The minimum Gasteiger partial charge on any atom is -0.478 e. The average molecular weight is 375 g/mol. The zero-order valence-corrected chi connectivity index (χ0v) is 15.1. The van der Waals surface area contributed by atoms with E-state index in [1.54, 1.807) is 0 Å². The summed E-state index contributed by atoms with van der Waals surface area (Å²) in [6.45, 7) is 1.72. The Morgan fingerprint density at radius 3 is 2.42 bits per heavy atom. The molecular weight excluding hydrogens is 354 g/mol. The molecule has 0 unspecified atom stereocenters. The van der Waals surface area contributed by atoms with Crippen LogP contribution in [-0.2, 0) is 16.4 Å². The molecule has 0 saturated carbocycles. The summed E-state index contributed by atoms with van der Waals surface area (Å²) < 4.78 is 26.6. The molecule has 1 N–H and O–H groups in total. The normalized spacial score (nSPS) is 15.8. The number of nitrogens with zero attached hydrogens (tertiary/aromatic N) is 3. The predicted molar refractivity (Wildman–Crippen MR) is 98.9 cm³/mol. The number of aromatic nitrogens is 1. The van der Waals surface area contributed by atoms with Gasteiger partial charge in [0, 0.05) is 32.4 Å². The monoisotopic (exact) mass is 375 g/mol. The molecule has 1 aromatic heterocycles. The van der Waals surface area contributed by atoms with Gasteiger partial charge in [-0.2, -0.15) is 4.31 Å². The van der Waals surface area contributed by atoms with Crippen LogP contribution < -0.4 is 4.90 Å². The van der Waals surface area contributed by atoms with Gasteiger partial charge in [-0.1, -0.05) is 30.3 Å². The van der Waals surface area contributed by atoms with Crippen molar-refractivity contribution in [2.24, 2.45) is 0 Å². The van der Waals surface area contributed by atoms with Crippen molar-refractivity contribution < 1.29 is 18.3 Å². The first-order valence-electron chi connectivity index (χ1n) is 8.42. The van der Waals surface area contributed by atoms with E-state index in [2.05, 4.69) is 4.98 Å². The lowest BCUT2D eigenvalue weighted by atomic mass is 10.2. The Balaban J connectivity index is 1.59. The van der Waals surface area contributed by atoms with Crippen molar-refractivity contribution in [1.29, 1.82) is 0 Å². The average Bonchev–Trinajstić information content (AvgIpc) is 2.67. The first kappa shape index (κ1) is 18.3. The number of pyridine rings is 1. The standard InChI is InChI=1S/C18H21N3O4S/c22-18(23)16-6-8-19-17(14-16)20-9-11-21(12-10-20)26(24,25)13-7-15-4-2-1-3-5-15/h1-6,8,14H,7,9-13H2,(H,22,23). The van der Waals surface area contributed by atoms with Crippen LogP contribution >= 0.6 is 0 Å². The summed E-state index contributed by atoms with van der Waals surface area (Å²) >= 11 is 0. The van der Waals surface area contributed by atoms with Gasteiger partial charge in [-0.15, -0.1) is 0 Å². The highest BCUT2D eigenvalue weighted by molar-refractivity contribution is 7.89. The van der Waals surface area contributed by atoms with Gasteiger partial charge in [-0.05, 0) is 24.1 Å². The van der Waals surface area contributed by atoms with Crippen molar-refractivity contribution in [1.82, 2.24) is 9.29 Å². The number of carbonyl (C=O) groups is 1. The summed E-state index contributed by atoms with van der Waals surface area (Å²) in [5.41, 5.74) is 1.18. The summed E-state index contributed by atoms with van der Waals surface area (Å²) in [6.07, 6.45) is 1.95. The molecule has 2 heterocycles. The first-order chi connectivity index (χ1) is 12.5. The Labute approximate surface area is 152 Å². The van der Waals surface area contributed by atoms with E-state index in [0.717, 1.165) is 5.56 Å². The largest absolute Gasteiger partial charge is 0.478 e. The van der Waals surface area contributed by atoms with Crippen LogP contribution in [0.3, 0.4) is 0 Å². The second kappa shape index (κ2) is 7.84. The van der Waals surface area contributed by atoms with Gasteiger partial charge in [0.05, 0.1) is 11.3 Å². The third-order valence-corrected chi connectivity index (χ3v) is 6.31. The number of aryl methyl sites for hydroxylation is 1. The molecule has 138 valence electrons. The maximum Gasteiger partial charge on any atom is 0.335 e. The Kier molecular flexibility index (Phi) is 5.53. The van der Waals surface area contributed by atoms with Crippen molar-refractivity contribution in [2.75, 3.05) is 36.8 Å². The highest BCUT2D eigenvalue weighted by atomic mass is 32.2. The van der Waals surface area contributed by atoms with Crippen molar-refractivity contribution in [3.05, 3.63) is 59.8 Å². The van der Waals surface area contributed by atoms with E-state index in [1.165, 1.54) is 22.6 Å². The second-order valence-corrected chi connectivity index (χ2v) is 8.23. The molecule has 1 aliphatic heterocycles. The number of carboxylic acids is 1. The molecule has 1 aliphatic rings. The highest BCUT2D eigenvalue weighted by Crippen LogP contribution is 2.17. The number of rotatable bonds is 6. The van der Waals surface area contributed by atoms with Gasteiger partial charge in [0.25, 0.3) is 0 Å². The minimum absolute atomic E-state index is 0.0871. The summed E-state index contributed by atoms with van der Waals surface area (Å²) in [4.78, 5) is 17.2. The molecule has 0 bridgehead atoms. The third kappa shape index (κ3) is 4.39. The van der Waals surface area contributed by atoms with Crippen LogP contribution in [0.1, 0.15) is 15.9 Å². The molecule has 1 aromatic carbocycles. The molecule has 0 amide bonds. The summed E-state index contributed by atoms with van der Waals surface area (Å²) in [6, 6.07) is 12.5. The van der Waals surface area contributed by atoms with Gasteiger partial charge in [-0.25, -0.2) is 18.2 Å². The van der Waals surface area contributed by atoms with Crippen LogP contribution in [0.4, 0.5) is 5.82 Å². The number of benzene rings is 1. The van der Waals surface area contributed by atoms with Crippen LogP contribution in [0, 0.1) is 0 Å². The SMILES string of the molecule is O=C(O)c1ccnc(N2CCN(S(=O)(=O)CCc3ccccc3)CC2)c1. The molecule has 2 aromatic rings. The molecule has 1 fully saturated rings. The zero-order chi connectivity index (χ0) is 18.6. The van der Waals surface area contributed by atoms with Gasteiger partial charge >= 0.3 is 5.97 Å². The van der Waals surface area contributed by atoms with Gasteiger partial charge in [0.2, 0.25) is 10.0 Å². The lowest BCUT2D eigenvalue weighted by molar-refractivity contribution is 0.0696. The second-order valence-electron chi connectivity index (χ2n) is 6.15. The van der Waals surface area contributed by atoms with Crippen molar-refractivity contribution >= 4 is 21.8 Å². The van der Waals surface area contributed by atoms with E-state index >= 15 is 0 Å². The lowest BCUT2D eigenvalue weighted by Gasteiger charge is -2.34. The predicted octanol–water partition coefficient (Wildman–Crippen LogP) is 1.47. The molecule has 8 heteroatoms. The van der Waals surface area contributed by atoms with Gasteiger partial charge in [-0.3, -0.25) is 0 Å². The van der Waals surface area contributed by atoms with Crippen LogP contribution in [0.2, 0.25) is 0 Å². The molecule has 7 nitrogen and oxygen atoms in total. The van der Waals surface area contributed by atoms with E-state index < -0.39 is 16.0 Å². The third-order valence-electron chi connectivity index (χ3n) is 4.44. The molecule has 0 aliphatic carbocycles. The Bertz CT molecular complexity index is 863. The quantitative estimate of drug-likeness (QED) is 0.822. The molecule has 0 atom stereocenters. The van der Waals surface area contributed by atoms with Crippen LogP contribution in [-0.4, -0.2) is 60.7 Å². The van der Waals surface area contributed by atoms with Crippen LogP contribution in [0.15, 0.2) is 48.7 Å². The smallest absolute Gasteiger partial charge is 0.335 e. The maximum atomic E-state index is 12.6. The van der Waals surface area contributed by atoms with Crippen molar-refractivity contribution in [2.45, 2.75) is 6.42 Å². The minimum atomic E-state index is -3.32. The molecule has 26 heavy (non-hydrogen) atoms. The van der Waals surface area contributed by atoms with E-state index in [9.17, 15) is 13.2 Å². The Morgan fingerprint density at radius 1 is 1.08 bits per heavy atom. The highest BCUT2D eigenvalue weighted by Gasteiger charge is 2.27. The fourth-order valence-corrected chi connectivity index (χ4v) is 4.41. The number of carboxylic acid groups (broad SMARTS) is 1. The topological polar surface area (TPSA) is 90.8 Å². The number of hydrogen-bond acceptors (Lipinski definition) is 5. The van der Waals surface area contributed by atoms with Gasteiger partial charge in [0.15, 0.2) is 0 Å². The van der Waals surface area contributed by atoms with Crippen LogP contribution in [0.25, 0.3) is 0 Å². The number of piperazine rings is 1. The van der Waals surface area contributed by atoms with Crippen molar-refractivity contribution in [3.8, 4) is 0 Å². The fourth-order valence-electron chi connectivity index (χ4n) is 2.94. The van der Waals surface area contributed by atoms with Gasteiger partial charge in [0.1, 0.15) is 5.82 Å².